The first-order valence-electron chi connectivity index (χ1n) is 6.13. The van der Waals surface area contributed by atoms with Gasteiger partial charge in [-0.25, -0.2) is 8.42 Å². The van der Waals surface area contributed by atoms with Gasteiger partial charge >= 0.3 is 0 Å². The molecule has 0 heterocycles. The number of hydrogen-bond donors (Lipinski definition) is 2. The van der Waals surface area contributed by atoms with E-state index in [-0.39, 0.29) is 29.4 Å². The molecule has 3 N–H and O–H groups in total. The molecular formula is C11H18N4O5S. The summed E-state index contributed by atoms with van der Waals surface area (Å²) in [6, 6.07) is 3.40. The fourth-order valence-corrected chi connectivity index (χ4v) is 2.77. The smallest absolute Gasteiger partial charge is 0.293 e. The number of ether oxygens (including phenoxy) is 1. The average molecular weight is 318 g/mol. The second kappa shape index (κ2) is 7.31. The van der Waals surface area contributed by atoms with Crippen molar-refractivity contribution in [2.75, 3.05) is 32.2 Å². The van der Waals surface area contributed by atoms with E-state index in [1.54, 1.807) is 0 Å². The number of nitrogens with one attached hydrogen (secondary N) is 1. The van der Waals surface area contributed by atoms with Crippen LogP contribution in [-0.2, 0) is 14.8 Å². The molecule has 0 aliphatic carbocycles. The number of likely N-dealkylation sites (N-methyl/N-ethyl adjacent to an activating group) is 1. The number of nitrogens with two attached hydrogens (primary N) is 1. The van der Waals surface area contributed by atoms with Gasteiger partial charge in [-0.3, -0.25) is 16.0 Å². The maximum atomic E-state index is 12.3. The molecule has 0 spiro atoms. The topological polar surface area (TPSA) is 128 Å². The van der Waals surface area contributed by atoms with E-state index < -0.39 is 14.9 Å². The number of nitrogens with zero attached hydrogens (tertiary/aromatic N) is 2. The predicted molar refractivity (Wildman–Crippen MR) is 77.2 cm³/mol. The maximum Gasteiger partial charge on any atom is 0.293 e. The molecule has 0 aliphatic rings. The third-order valence-electron chi connectivity index (χ3n) is 2.78. The zero-order valence-corrected chi connectivity index (χ0v) is 12.6. The molecule has 0 bridgehead atoms. The number of hydrogen-bond acceptors (Lipinski definition) is 7. The van der Waals surface area contributed by atoms with Crippen LogP contribution in [0.25, 0.3) is 0 Å². The minimum Gasteiger partial charge on any atom is -0.380 e. The first-order chi connectivity index (χ1) is 9.84. The molecule has 0 aliphatic heterocycles. The quantitative estimate of drug-likeness (QED) is 0.310. The summed E-state index contributed by atoms with van der Waals surface area (Å²) < 4.78 is 30.8. The Morgan fingerprint density at radius 1 is 1.48 bits per heavy atom. The average Bonchev–Trinajstić information content (AvgIpc) is 2.46. The van der Waals surface area contributed by atoms with E-state index in [1.807, 2.05) is 6.92 Å². The van der Waals surface area contributed by atoms with E-state index in [0.29, 0.717) is 6.61 Å². The maximum absolute atomic E-state index is 12.3. The van der Waals surface area contributed by atoms with Gasteiger partial charge in [0, 0.05) is 26.3 Å². The van der Waals surface area contributed by atoms with Crippen LogP contribution in [-0.4, -0.2) is 44.5 Å². The number of anilines is 1. The number of rotatable bonds is 8. The molecule has 0 unspecified atom stereocenters. The Kier molecular flexibility index (Phi) is 6.03. The van der Waals surface area contributed by atoms with Crippen LogP contribution in [0.15, 0.2) is 23.1 Å². The minimum atomic E-state index is -3.76. The van der Waals surface area contributed by atoms with Crippen molar-refractivity contribution in [2.24, 2.45) is 5.84 Å². The van der Waals surface area contributed by atoms with Crippen LogP contribution < -0.4 is 11.3 Å². The SMILES string of the molecule is CCOCCN(C)S(=O)(=O)c1ccc([N+](=O)[O-])c(NN)c1. The first kappa shape index (κ1) is 17.3. The van der Waals surface area contributed by atoms with Crippen LogP contribution in [0.3, 0.4) is 0 Å². The Morgan fingerprint density at radius 3 is 2.67 bits per heavy atom. The van der Waals surface area contributed by atoms with Gasteiger partial charge in [0.1, 0.15) is 5.69 Å². The number of nitrogen functional groups attached to an aromatic ring is 1. The lowest BCUT2D eigenvalue weighted by atomic mass is 10.3. The summed E-state index contributed by atoms with van der Waals surface area (Å²) in [6.45, 7) is 2.75. The number of sulfonamides is 1. The Bertz CT molecular complexity index is 605. The van der Waals surface area contributed by atoms with E-state index in [9.17, 15) is 18.5 Å². The molecule has 1 rings (SSSR count). The Morgan fingerprint density at radius 2 is 2.14 bits per heavy atom. The zero-order chi connectivity index (χ0) is 16.0. The Hall–Kier alpha value is -1.75. The fraction of sp³-hybridized carbons (Fsp3) is 0.455. The molecule has 118 valence electrons. The van der Waals surface area contributed by atoms with E-state index in [4.69, 9.17) is 10.6 Å². The van der Waals surface area contributed by atoms with Crippen LogP contribution in [0.4, 0.5) is 11.4 Å². The molecule has 0 aromatic heterocycles. The van der Waals surface area contributed by atoms with Crippen molar-refractivity contribution in [3.05, 3.63) is 28.3 Å². The van der Waals surface area contributed by atoms with Gasteiger partial charge in [-0.2, -0.15) is 4.31 Å². The van der Waals surface area contributed by atoms with E-state index in [1.165, 1.54) is 13.1 Å². The van der Waals surface area contributed by atoms with Gasteiger partial charge in [0.05, 0.1) is 16.4 Å². The summed E-state index contributed by atoms with van der Waals surface area (Å²) in [4.78, 5) is 10.1. The highest BCUT2D eigenvalue weighted by Crippen LogP contribution is 2.27. The summed E-state index contributed by atoms with van der Waals surface area (Å²) in [5, 5.41) is 10.8. The Balaban J connectivity index is 3.06. The summed E-state index contributed by atoms with van der Waals surface area (Å²) in [5.74, 6) is 5.19. The van der Waals surface area contributed by atoms with Gasteiger partial charge in [-0.05, 0) is 19.1 Å². The zero-order valence-electron chi connectivity index (χ0n) is 11.8. The molecule has 0 atom stereocenters. The van der Waals surface area contributed by atoms with Crippen molar-refractivity contribution in [2.45, 2.75) is 11.8 Å². The standard InChI is InChI=1S/C11H18N4O5S/c1-3-20-7-6-14(2)21(18,19)9-4-5-11(15(16)17)10(8-9)13-12/h4-5,8,13H,3,6-7,12H2,1-2H3. The van der Waals surface area contributed by atoms with Crippen molar-refractivity contribution in [3.8, 4) is 0 Å². The number of hydrazine groups is 1. The van der Waals surface area contributed by atoms with Crippen molar-refractivity contribution < 1.29 is 18.1 Å². The number of nitro benzene ring substituents is 1. The number of benzene rings is 1. The minimum absolute atomic E-state index is 0.0701. The van der Waals surface area contributed by atoms with Crippen LogP contribution in [0, 0.1) is 10.1 Å². The third-order valence-corrected chi connectivity index (χ3v) is 4.64. The normalized spacial score (nSPS) is 11.6. The second-order valence-corrected chi connectivity index (χ2v) is 6.15. The highest BCUT2D eigenvalue weighted by molar-refractivity contribution is 7.89. The molecule has 0 saturated carbocycles. The molecule has 0 radical (unpaired) electrons. The van der Waals surface area contributed by atoms with E-state index in [2.05, 4.69) is 5.43 Å². The second-order valence-electron chi connectivity index (χ2n) is 4.10. The van der Waals surface area contributed by atoms with Crippen LogP contribution in [0.1, 0.15) is 6.92 Å². The monoisotopic (exact) mass is 318 g/mol. The van der Waals surface area contributed by atoms with Crippen molar-refractivity contribution in [3.63, 3.8) is 0 Å². The molecule has 1 aromatic rings. The van der Waals surface area contributed by atoms with Gasteiger partial charge in [0.15, 0.2) is 0 Å². The fourth-order valence-electron chi connectivity index (χ4n) is 1.59. The summed E-state index contributed by atoms with van der Waals surface area (Å²) in [5.41, 5.74) is 1.76. The molecule has 0 amide bonds. The van der Waals surface area contributed by atoms with Crippen LogP contribution in [0.2, 0.25) is 0 Å². The molecule has 21 heavy (non-hydrogen) atoms. The predicted octanol–water partition coefficient (Wildman–Crippen LogP) is 0.537. The molecular weight excluding hydrogens is 300 g/mol. The number of nitro groups is 1. The largest absolute Gasteiger partial charge is 0.380 e. The van der Waals surface area contributed by atoms with Gasteiger partial charge in [0.25, 0.3) is 5.69 Å². The highest BCUT2D eigenvalue weighted by Gasteiger charge is 2.23. The van der Waals surface area contributed by atoms with Crippen molar-refractivity contribution in [1.82, 2.24) is 4.31 Å². The van der Waals surface area contributed by atoms with Gasteiger partial charge in [-0.1, -0.05) is 0 Å². The molecule has 1 aromatic carbocycles. The lowest BCUT2D eigenvalue weighted by molar-refractivity contribution is -0.384. The van der Waals surface area contributed by atoms with Crippen LogP contribution >= 0.6 is 0 Å². The van der Waals surface area contributed by atoms with Gasteiger partial charge in [-0.15, -0.1) is 0 Å². The Labute approximate surface area is 122 Å². The lowest BCUT2D eigenvalue weighted by Crippen LogP contribution is -2.30. The summed E-state index contributed by atoms with van der Waals surface area (Å²) >= 11 is 0. The van der Waals surface area contributed by atoms with Crippen LogP contribution in [0.5, 0.6) is 0 Å². The molecule has 0 saturated heterocycles. The van der Waals surface area contributed by atoms with Gasteiger partial charge in [0.2, 0.25) is 10.0 Å². The third kappa shape index (κ3) is 4.11. The molecule has 0 fully saturated rings. The van der Waals surface area contributed by atoms with E-state index >= 15 is 0 Å². The summed E-state index contributed by atoms with van der Waals surface area (Å²) in [6.07, 6.45) is 0. The summed E-state index contributed by atoms with van der Waals surface area (Å²) in [7, 11) is -2.35. The highest BCUT2D eigenvalue weighted by atomic mass is 32.2. The molecule has 9 nitrogen and oxygen atoms in total. The first-order valence-corrected chi connectivity index (χ1v) is 7.57. The lowest BCUT2D eigenvalue weighted by Gasteiger charge is -2.17. The molecule has 10 heteroatoms. The van der Waals surface area contributed by atoms with Crippen molar-refractivity contribution in [1.29, 1.82) is 0 Å². The van der Waals surface area contributed by atoms with E-state index in [0.717, 1.165) is 16.4 Å². The van der Waals surface area contributed by atoms with Gasteiger partial charge < -0.3 is 10.2 Å². The van der Waals surface area contributed by atoms with Crippen molar-refractivity contribution >= 4 is 21.4 Å².